The first-order chi connectivity index (χ1) is 12.1. The third-order valence-electron chi connectivity index (χ3n) is 3.80. The van der Waals surface area contributed by atoms with Gasteiger partial charge in [0.15, 0.2) is 0 Å². The minimum Gasteiger partial charge on any atom is -0.322 e. The summed E-state index contributed by atoms with van der Waals surface area (Å²) in [4.78, 5) is 23.2. The number of amides is 1. The molecule has 1 amide bonds. The molecule has 0 aliphatic carbocycles. The van der Waals surface area contributed by atoms with Crippen LogP contribution in [-0.2, 0) is 6.42 Å². The Labute approximate surface area is 144 Å². The van der Waals surface area contributed by atoms with Gasteiger partial charge in [0.05, 0.1) is 10.6 Å². The Morgan fingerprint density at radius 2 is 2.08 bits per heavy atom. The first kappa shape index (κ1) is 16.4. The van der Waals surface area contributed by atoms with Gasteiger partial charge in [0, 0.05) is 35.3 Å². The van der Waals surface area contributed by atoms with Crippen LogP contribution in [-0.4, -0.2) is 20.6 Å². The number of benzene rings is 2. The molecule has 1 N–H and O–H groups in total. The zero-order valence-electron chi connectivity index (χ0n) is 13.5. The Balaban J connectivity index is 1.84. The van der Waals surface area contributed by atoms with Crippen LogP contribution < -0.4 is 5.32 Å². The fourth-order valence-corrected chi connectivity index (χ4v) is 2.53. The van der Waals surface area contributed by atoms with Crippen molar-refractivity contribution in [3.63, 3.8) is 0 Å². The zero-order valence-corrected chi connectivity index (χ0v) is 13.5. The molecule has 0 radical (unpaired) electrons. The maximum absolute atomic E-state index is 12.5. The highest BCUT2D eigenvalue weighted by Crippen LogP contribution is 2.24. The van der Waals surface area contributed by atoms with Gasteiger partial charge >= 0.3 is 0 Å². The lowest BCUT2D eigenvalue weighted by Gasteiger charge is -2.08. The van der Waals surface area contributed by atoms with E-state index in [-0.39, 0.29) is 11.6 Å². The first-order valence-electron chi connectivity index (χ1n) is 7.77. The van der Waals surface area contributed by atoms with Gasteiger partial charge in [-0.25, -0.2) is 4.68 Å². The minimum atomic E-state index is -0.438. The number of nitro groups is 1. The Hall–Kier alpha value is -3.48. The van der Waals surface area contributed by atoms with E-state index >= 15 is 0 Å². The molecule has 0 atom stereocenters. The standard InChI is InChI=1S/C18H16N4O3/c1-2-13-7-8-15(12-17(13)22(24)25)20-18(23)14-5-3-6-16(11-14)21-10-4-9-19-21/h3-12H,2H2,1H3,(H,20,23). The molecular formula is C18H16N4O3. The summed E-state index contributed by atoms with van der Waals surface area (Å²) in [5, 5.41) is 18.0. The van der Waals surface area contributed by atoms with E-state index in [0.29, 0.717) is 23.2 Å². The number of nitrogens with zero attached hydrogens (tertiary/aromatic N) is 3. The lowest BCUT2D eigenvalue weighted by molar-refractivity contribution is -0.385. The molecule has 0 unspecified atom stereocenters. The number of anilines is 1. The van der Waals surface area contributed by atoms with Crippen LogP contribution in [0.5, 0.6) is 0 Å². The van der Waals surface area contributed by atoms with E-state index in [2.05, 4.69) is 10.4 Å². The smallest absolute Gasteiger partial charge is 0.274 e. The van der Waals surface area contributed by atoms with Gasteiger partial charge in [-0.05, 0) is 36.8 Å². The van der Waals surface area contributed by atoms with Crippen molar-refractivity contribution >= 4 is 17.3 Å². The van der Waals surface area contributed by atoms with E-state index in [4.69, 9.17) is 0 Å². The SMILES string of the molecule is CCc1ccc(NC(=O)c2cccc(-n3cccn3)c2)cc1[N+](=O)[O-]. The van der Waals surface area contributed by atoms with Crippen LogP contribution in [0.25, 0.3) is 5.69 Å². The van der Waals surface area contributed by atoms with Crippen molar-refractivity contribution in [2.24, 2.45) is 0 Å². The molecule has 7 heteroatoms. The summed E-state index contributed by atoms with van der Waals surface area (Å²) in [6.45, 7) is 1.85. The summed E-state index contributed by atoms with van der Waals surface area (Å²) in [6, 6.07) is 13.5. The third kappa shape index (κ3) is 3.55. The highest BCUT2D eigenvalue weighted by Gasteiger charge is 2.15. The molecule has 3 rings (SSSR count). The van der Waals surface area contributed by atoms with E-state index in [1.165, 1.54) is 6.07 Å². The van der Waals surface area contributed by atoms with E-state index in [1.54, 1.807) is 53.5 Å². The second kappa shape index (κ2) is 6.96. The molecule has 0 aliphatic rings. The average molecular weight is 336 g/mol. The molecule has 2 aromatic carbocycles. The van der Waals surface area contributed by atoms with E-state index in [9.17, 15) is 14.9 Å². The third-order valence-corrected chi connectivity index (χ3v) is 3.80. The maximum Gasteiger partial charge on any atom is 0.274 e. The summed E-state index contributed by atoms with van der Waals surface area (Å²) in [6.07, 6.45) is 3.99. The number of nitro benzene ring substituents is 1. The van der Waals surface area contributed by atoms with E-state index in [1.807, 2.05) is 13.0 Å². The van der Waals surface area contributed by atoms with Crippen LogP contribution in [0.2, 0.25) is 0 Å². The Morgan fingerprint density at radius 1 is 1.24 bits per heavy atom. The van der Waals surface area contributed by atoms with E-state index < -0.39 is 4.92 Å². The topological polar surface area (TPSA) is 90.1 Å². The molecule has 0 aliphatic heterocycles. The number of aryl methyl sites for hydroxylation is 1. The molecule has 3 aromatic rings. The lowest BCUT2D eigenvalue weighted by Crippen LogP contribution is -2.12. The molecule has 25 heavy (non-hydrogen) atoms. The predicted molar refractivity (Wildman–Crippen MR) is 94.0 cm³/mol. The number of hydrogen-bond acceptors (Lipinski definition) is 4. The van der Waals surface area contributed by atoms with Crippen molar-refractivity contribution in [2.45, 2.75) is 13.3 Å². The zero-order chi connectivity index (χ0) is 17.8. The van der Waals surface area contributed by atoms with Crippen molar-refractivity contribution in [2.75, 3.05) is 5.32 Å². The lowest BCUT2D eigenvalue weighted by atomic mass is 10.1. The Kier molecular flexibility index (Phi) is 4.56. The van der Waals surface area contributed by atoms with Gasteiger partial charge in [0.25, 0.3) is 11.6 Å². The summed E-state index contributed by atoms with van der Waals surface area (Å²) in [5.74, 6) is -0.340. The van der Waals surface area contributed by atoms with Gasteiger partial charge < -0.3 is 5.32 Å². The van der Waals surface area contributed by atoms with Crippen molar-refractivity contribution in [3.05, 3.63) is 82.2 Å². The van der Waals surface area contributed by atoms with Crippen molar-refractivity contribution in [1.29, 1.82) is 0 Å². The number of rotatable bonds is 5. The van der Waals surface area contributed by atoms with Crippen molar-refractivity contribution in [1.82, 2.24) is 9.78 Å². The Bertz CT molecular complexity index is 920. The van der Waals surface area contributed by atoms with Crippen molar-refractivity contribution < 1.29 is 9.72 Å². The van der Waals surface area contributed by atoms with Crippen LogP contribution in [0.1, 0.15) is 22.8 Å². The molecule has 0 fully saturated rings. The predicted octanol–water partition coefficient (Wildman–Crippen LogP) is 3.60. The monoisotopic (exact) mass is 336 g/mol. The van der Waals surface area contributed by atoms with Crippen LogP contribution >= 0.6 is 0 Å². The molecule has 7 nitrogen and oxygen atoms in total. The summed E-state index contributed by atoms with van der Waals surface area (Å²) in [7, 11) is 0. The molecule has 0 saturated carbocycles. The van der Waals surface area contributed by atoms with Crippen LogP contribution in [0.4, 0.5) is 11.4 Å². The largest absolute Gasteiger partial charge is 0.322 e. The number of aromatic nitrogens is 2. The number of nitrogens with one attached hydrogen (secondary N) is 1. The van der Waals surface area contributed by atoms with Gasteiger partial charge in [-0.15, -0.1) is 0 Å². The normalized spacial score (nSPS) is 10.4. The molecule has 0 bridgehead atoms. The summed E-state index contributed by atoms with van der Waals surface area (Å²) in [5.41, 5.74) is 2.22. The van der Waals surface area contributed by atoms with Crippen molar-refractivity contribution in [3.8, 4) is 5.69 Å². The first-order valence-corrected chi connectivity index (χ1v) is 7.77. The van der Waals surface area contributed by atoms with Gasteiger partial charge in [-0.1, -0.05) is 19.1 Å². The second-order valence-electron chi connectivity index (χ2n) is 5.41. The van der Waals surface area contributed by atoms with E-state index in [0.717, 1.165) is 5.69 Å². The van der Waals surface area contributed by atoms with Gasteiger partial charge in [-0.3, -0.25) is 14.9 Å². The molecule has 0 saturated heterocycles. The minimum absolute atomic E-state index is 0.00518. The van der Waals surface area contributed by atoms with Gasteiger partial charge in [-0.2, -0.15) is 5.10 Å². The molecule has 1 heterocycles. The van der Waals surface area contributed by atoms with Gasteiger partial charge in [0.2, 0.25) is 0 Å². The summed E-state index contributed by atoms with van der Waals surface area (Å²) >= 11 is 0. The molecule has 126 valence electrons. The number of hydrogen-bond donors (Lipinski definition) is 1. The quantitative estimate of drug-likeness (QED) is 0.569. The number of carbonyl (C=O) groups is 1. The van der Waals surface area contributed by atoms with Gasteiger partial charge in [0.1, 0.15) is 0 Å². The average Bonchev–Trinajstić information content (AvgIpc) is 3.16. The maximum atomic E-state index is 12.5. The summed E-state index contributed by atoms with van der Waals surface area (Å²) < 4.78 is 1.65. The highest BCUT2D eigenvalue weighted by molar-refractivity contribution is 6.04. The Morgan fingerprint density at radius 3 is 2.76 bits per heavy atom. The molecule has 0 spiro atoms. The highest BCUT2D eigenvalue weighted by atomic mass is 16.6. The molecule has 1 aromatic heterocycles. The fourth-order valence-electron chi connectivity index (χ4n) is 2.53. The number of carbonyl (C=O) groups excluding carboxylic acids is 1. The van der Waals surface area contributed by atoms with Crippen LogP contribution in [0.15, 0.2) is 60.9 Å². The second-order valence-corrected chi connectivity index (χ2v) is 5.41. The van der Waals surface area contributed by atoms with Crippen LogP contribution in [0.3, 0.4) is 0 Å². The fraction of sp³-hybridized carbons (Fsp3) is 0.111. The molecular weight excluding hydrogens is 320 g/mol. The van der Waals surface area contributed by atoms with Crippen LogP contribution in [0, 0.1) is 10.1 Å².